The summed E-state index contributed by atoms with van der Waals surface area (Å²) in [4.78, 5) is 18.2. The molecule has 0 aromatic carbocycles. The molecule has 9 heteroatoms. The molecule has 22 heavy (non-hydrogen) atoms. The minimum atomic E-state index is -3.56. The van der Waals surface area contributed by atoms with Crippen LogP contribution in [0.3, 0.4) is 0 Å². The Hall–Kier alpha value is -2.00. The van der Waals surface area contributed by atoms with Crippen LogP contribution in [-0.2, 0) is 17.1 Å². The molecule has 0 saturated carbocycles. The zero-order valence-corrected chi connectivity index (χ0v) is 13.0. The van der Waals surface area contributed by atoms with E-state index in [0.29, 0.717) is 18.8 Å². The van der Waals surface area contributed by atoms with Crippen molar-refractivity contribution in [1.29, 1.82) is 0 Å². The van der Waals surface area contributed by atoms with Gasteiger partial charge in [-0.15, -0.1) is 0 Å². The molecule has 8 nitrogen and oxygen atoms in total. The topological polar surface area (TPSA) is 101 Å². The number of piperidine rings is 1. The fourth-order valence-electron chi connectivity index (χ4n) is 2.69. The molecule has 0 aliphatic carbocycles. The molecule has 3 rings (SSSR count). The molecule has 1 N–H and O–H groups in total. The third kappa shape index (κ3) is 2.81. The van der Waals surface area contributed by atoms with Crippen molar-refractivity contribution in [3.05, 3.63) is 40.8 Å². The maximum Gasteiger partial charge on any atom is 0.250 e. The Labute approximate surface area is 127 Å². The van der Waals surface area contributed by atoms with Crippen LogP contribution in [-0.4, -0.2) is 45.6 Å². The van der Waals surface area contributed by atoms with Crippen molar-refractivity contribution in [3.63, 3.8) is 0 Å². The van der Waals surface area contributed by atoms with Gasteiger partial charge in [0.05, 0.1) is 18.2 Å². The average molecular weight is 323 g/mol. The van der Waals surface area contributed by atoms with Crippen molar-refractivity contribution in [2.45, 2.75) is 23.7 Å². The lowest BCUT2D eigenvalue weighted by Crippen LogP contribution is -2.39. The minimum absolute atomic E-state index is 0.0671. The van der Waals surface area contributed by atoms with Gasteiger partial charge in [-0.2, -0.15) is 9.40 Å². The second-order valence-corrected chi connectivity index (χ2v) is 7.33. The number of aromatic amines is 1. The zero-order chi connectivity index (χ0) is 15.7. The predicted octanol–water partition coefficient (Wildman–Crippen LogP) is 0.0717. The summed E-state index contributed by atoms with van der Waals surface area (Å²) in [6.07, 6.45) is 5.75. The number of hydrogen-bond acceptors (Lipinski definition) is 5. The summed E-state index contributed by atoms with van der Waals surface area (Å²) in [6, 6.07) is 1.44. The zero-order valence-electron chi connectivity index (χ0n) is 12.1. The van der Waals surface area contributed by atoms with Gasteiger partial charge in [0.15, 0.2) is 0 Å². The summed E-state index contributed by atoms with van der Waals surface area (Å²) in [5.74, 6) is -0.0671. The van der Waals surface area contributed by atoms with Crippen LogP contribution in [0.4, 0.5) is 0 Å². The maximum absolute atomic E-state index is 12.6. The Morgan fingerprint density at radius 2 is 2.23 bits per heavy atom. The van der Waals surface area contributed by atoms with E-state index in [9.17, 15) is 13.2 Å². The van der Waals surface area contributed by atoms with Crippen LogP contribution in [0.1, 0.15) is 24.5 Å². The van der Waals surface area contributed by atoms with E-state index < -0.39 is 10.0 Å². The lowest BCUT2D eigenvalue weighted by atomic mass is 9.96. The highest BCUT2D eigenvalue weighted by molar-refractivity contribution is 7.89. The van der Waals surface area contributed by atoms with Crippen LogP contribution >= 0.6 is 0 Å². The number of aromatic nitrogens is 4. The third-order valence-corrected chi connectivity index (χ3v) is 5.64. The Bertz CT molecular complexity index is 826. The van der Waals surface area contributed by atoms with E-state index in [1.807, 2.05) is 0 Å². The fourth-order valence-corrected chi connectivity index (χ4v) is 4.20. The standard InChI is InChI=1S/C13H17N5O3S/c1-17-8-11(6-16-17)22(20,21)18-4-2-3-10(7-18)12-5-13(19)15-9-14-12/h5-6,8-10H,2-4,7H2,1H3,(H,14,15,19). The Morgan fingerprint density at radius 3 is 2.91 bits per heavy atom. The number of aryl methyl sites for hydroxylation is 1. The summed E-state index contributed by atoms with van der Waals surface area (Å²) in [7, 11) is -1.88. The molecular formula is C13H17N5O3S. The molecule has 2 aromatic heterocycles. The van der Waals surface area contributed by atoms with E-state index in [-0.39, 0.29) is 16.4 Å². The molecule has 3 heterocycles. The number of sulfonamides is 1. The van der Waals surface area contributed by atoms with Crippen molar-refractivity contribution in [1.82, 2.24) is 24.1 Å². The Kier molecular flexibility index (Phi) is 3.83. The van der Waals surface area contributed by atoms with Gasteiger partial charge in [0.1, 0.15) is 4.90 Å². The highest BCUT2D eigenvalue weighted by atomic mass is 32.2. The molecule has 0 radical (unpaired) electrons. The molecule has 1 saturated heterocycles. The summed E-state index contributed by atoms with van der Waals surface area (Å²) in [5.41, 5.74) is 0.409. The van der Waals surface area contributed by atoms with E-state index >= 15 is 0 Å². The van der Waals surface area contributed by atoms with Crippen LogP contribution in [0.15, 0.2) is 34.5 Å². The van der Waals surface area contributed by atoms with Gasteiger partial charge in [-0.05, 0) is 12.8 Å². The molecule has 1 aliphatic rings. The van der Waals surface area contributed by atoms with Crippen molar-refractivity contribution >= 4 is 10.0 Å². The maximum atomic E-state index is 12.6. The van der Waals surface area contributed by atoms with E-state index in [4.69, 9.17) is 0 Å². The second-order valence-electron chi connectivity index (χ2n) is 5.39. The minimum Gasteiger partial charge on any atom is -0.313 e. The predicted molar refractivity (Wildman–Crippen MR) is 78.8 cm³/mol. The SMILES string of the molecule is Cn1cc(S(=O)(=O)N2CCCC(c3cc(=O)[nH]cn3)C2)cn1. The summed E-state index contributed by atoms with van der Waals surface area (Å²) in [6.45, 7) is 0.796. The number of rotatable bonds is 3. The van der Waals surface area contributed by atoms with Crippen LogP contribution in [0.2, 0.25) is 0 Å². The normalized spacial score (nSPS) is 20.1. The average Bonchev–Trinajstić information content (AvgIpc) is 2.95. The molecule has 118 valence electrons. The second kappa shape index (κ2) is 5.65. The van der Waals surface area contributed by atoms with Gasteiger partial charge in [0.25, 0.3) is 5.56 Å². The summed E-state index contributed by atoms with van der Waals surface area (Å²) >= 11 is 0. The molecule has 1 atom stereocenters. The molecule has 0 spiro atoms. The largest absolute Gasteiger partial charge is 0.313 e. The van der Waals surface area contributed by atoms with E-state index in [0.717, 1.165) is 12.8 Å². The third-order valence-electron chi connectivity index (χ3n) is 3.82. The van der Waals surface area contributed by atoms with Crippen LogP contribution in [0.25, 0.3) is 0 Å². The fraction of sp³-hybridized carbons (Fsp3) is 0.462. The Morgan fingerprint density at radius 1 is 1.41 bits per heavy atom. The van der Waals surface area contributed by atoms with Gasteiger partial charge < -0.3 is 4.98 Å². The molecule has 2 aromatic rings. The highest BCUT2D eigenvalue weighted by Gasteiger charge is 2.32. The summed E-state index contributed by atoms with van der Waals surface area (Å²) < 4.78 is 28.2. The molecule has 1 aliphatic heterocycles. The highest BCUT2D eigenvalue weighted by Crippen LogP contribution is 2.28. The summed E-state index contributed by atoms with van der Waals surface area (Å²) in [5, 5.41) is 3.92. The molecule has 1 unspecified atom stereocenters. The van der Waals surface area contributed by atoms with Crippen LogP contribution < -0.4 is 5.56 Å². The number of nitrogens with one attached hydrogen (secondary N) is 1. The van der Waals surface area contributed by atoms with Crippen LogP contribution in [0, 0.1) is 0 Å². The van der Waals surface area contributed by atoms with Gasteiger partial charge in [-0.1, -0.05) is 0 Å². The Balaban J connectivity index is 1.85. The molecule has 0 amide bonds. The molecule has 0 bridgehead atoms. The number of hydrogen-bond donors (Lipinski definition) is 1. The van der Waals surface area contributed by atoms with Gasteiger partial charge >= 0.3 is 0 Å². The van der Waals surface area contributed by atoms with Gasteiger partial charge in [-0.25, -0.2) is 13.4 Å². The van der Waals surface area contributed by atoms with Gasteiger partial charge in [0.2, 0.25) is 10.0 Å². The van der Waals surface area contributed by atoms with E-state index in [1.54, 1.807) is 7.05 Å². The first-order valence-corrected chi connectivity index (χ1v) is 8.44. The van der Waals surface area contributed by atoms with Crippen LogP contribution in [0.5, 0.6) is 0 Å². The number of H-pyrrole nitrogens is 1. The molecule has 1 fully saturated rings. The van der Waals surface area contributed by atoms with Crippen molar-refractivity contribution < 1.29 is 8.42 Å². The van der Waals surface area contributed by atoms with E-state index in [1.165, 1.54) is 33.8 Å². The van der Waals surface area contributed by atoms with Gasteiger partial charge in [0, 0.05) is 38.3 Å². The smallest absolute Gasteiger partial charge is 0.250 e. The first-order chi connectivity index (χ1) is 10.5. The lowest BCUT2D eigenvalue weighted by Gasteiger charge is -2.31. The van der Waals surface area contributed by atoms with Crippen molar-refractivity contribution in [2.24, 2.45) is 7.05 Å². The quantitative estimate of drug-likeness (QED) is 0.861. The lowest BCUT2D eigenvalue weighted by molar-refractivity contribution is 0.312. The monoisotopic (exact) mass is 323 g/mol. The first kappa shape index (κ1) is 14.9. The van der Waals surface area contributed by atoms with Crippen molar-refractivity contribution in [2.75, 3.05) is 13.1 Å². The first-order valence-electron chi connectivity index (χ1n) is 7.00. The van der Waals surface area contributed by atoms with Crippen molar-refractivity contribution in [3.8, 4) is 0 Å². The number of nitrogens with zero attached hydrogens (tertiary/aromatic N) is 4. The van der Waals surface area contributed by atoms with E-state index in [2.05, 4.69) is 15.1 Å². The molecular weight excluding hydrogens is 306 g/mol. The van der Waals surface area contributed by atoms with Gasteiger partial charge in [-0.3, -0.25) is 9.48 Å².